The molecule has 0 amide bonds. The van der Waals surface area contributed by atoms with Crippen molar-refractivity contribution in [1.82, 2.24) is 9.97 Å². The summed E-state index contributed by atoms with van der Waals surface area (Å²) in [5.41, 5.74) is 7.92. The van der Waals surface area contributed by atoms with Crippen molar-refractivity contribution in [3.63, 3.8) is 0 Å². The third-order valence-electron chi connectivity index (χ3n) is 5.49. The van der Waals surface area contributed by atoms with E-state index in [1.165, 1.54) is 22.3 Å². The lowest BCUT2D eigenvalue weighted by molar-refractivity contribution is 1.14. The second-order valence-corrected chi connectivity index (χ2v) is 7.17. The highest BCUT2D eigenvalue weighted by atomic mass is 15.2. The number of benzene rings is 4. The van der Waals surface area contributed by atoms with Crippen LogP contribution in [0.15, 0.2) is 103 Å². The van der Waals surface area contributed by atoms with Crippen molar-refractivity contribution in [1.29, 1.82) is 0 Å². The first-order valence-electron chi connectivity index (χ1n) is 9.69. The molecule has 0 N–H and O–H groups in total. The standard InChI is InChI=1S/C26H17N3/c1-3-9-18(10-4-1)19-15-22-21-13-7-8-14-24(21)29(20-11-5-2-6-12-20)26-25(22)23(16-19)27-17-28-26/h1-17H. The van der Waals surface area contributed by atoms with Gasteiger partial charge in [0, 0.05) is 11.3 Å². The molecule has 0 saturated heterocycles. The van der Waals surface area contributed by atoms with Crippen LogP contribution in [0.5, 0.6) is 0 Å². The molecule has 2 heterocycles. The van der Waals surface area contributed by atoms with Crippen molar-refractivity contribution in [2.45, 2.75) is 0 Å². The van der Waals surface area contributed by atoms with Gasteiger partial charge in [0.2, 0.25) is 0 Å². The number of hydrogen-bond acceptors (Lipinski definition) is 3. The second kappa shape index (κ2) is 6.28. The molecule has 1 aliphatic heterocycles. The van der Waals surface area contributed by atoms with E-state index >= 15 is 0 Å². The average molecular weight is 371 g/mol. The normalized spacial score (nSPS) is 12.1. The Morgan fingerprint density at radius 1 is 0.586 bits per heavy atom. The van der Waals surface area contributed by atoms with Crippen molar-refractivity contribution < 1.29 is 0 Å². The van der Waals surface area contributed by atoms with Gasteiger partial charge < -0.3 is 0 Å². The predicted molar refractivity (Wildman–Crippen MR) is 119 cm³/mol. The maximum absolute atomic E-state index is 4.71. The Morgan fingerprint density at radius 3 is 2.14 bits per heavy atom. The van der Waals surface area contributed by atoms with Gasteiger partial charge in [0.05, 0.1) is 16.6 Å². The summed E-state index contributed by atoms with van der Waals surface area (Å²) in [6.07, 6.45) is 1.67. The van der Waals surface area contributed by atoms with Gasteiger partial charge in [-0.05, 0) is 47.0 Å². The van der Waals surface area contributed by atoms with E-state index in [1.54, 1.807) is 6.33 Å². The fraction of sp³-hybridized carbons (Fsp3) is 0. The summed E-state index contributed by atoms with van der Waals surface area (Å²) in [5.74, 6) is 0.925. The van der Waals surface area contributed by atoms with E-state index in [2.05, 4.69) is 94.8 Å². The summed E-state index contributed by atoms with van der Waals surface area (Å²) in [6, 6.07) is 33.8. The van der Waals surface area contributed by atoms with E-state index in [4.69, 9.17) is 4.98 Å². The Bertz CT molecular complexity index is 1340. The molecule has 0 radical (unpaired) electrons. The third kappa shape index (κ3) is 2.44. The summed E-state index contributed by atoms with van der Waals surface area (Å²) in [7, 11) is 0. The smallest absolute Gasteiger partial charge is 0.149 e. The van der Waals surface area contributed by atoms with Crippen molar-refractivity contribution in [3.05, 3.63) is 103 Å². The Kier molecular flexibility index (Phi) is 3.47. The van der Waals surface area contributed by atoms with Crippen molar-refractivity contribution in [2.24, 2.45) is 0 Å². The zero-order valence-electron chi connectivity index (χ0n) is 15.7. The number of anilines is 3. The van der Waals surface area contributed by atoms with E-state index in [9.17, 15) is 0 Å². The highest BCUT2D eigenvalue weighted by Crippen LogP contribution is 2.50. The van der Waals surface area contributed by atoms with Crippen LogP contribution in [-0.2, 0) is 0 Å². The molecule has 6 rings (SSSR count). The predicted octanol–water partition coefficient (Wildman–Crippen LogP) is 6.75. The van der Waals surface area contributed by atoms with E-state index < -0.39 is 0 Å². The van der Waals surface area contributed by atoms with Gasteiger partial charge in [-0.25, -0.2) is 9.97 Å². The van der Waals surface area contributed by atoms with Gasteiger partial charge in [0.25, 0.3) is 0 Å². The van der Waals surface area contributed by atoms with Gasteiger partial charge in [0.15, 0.2) is 0 Å². The Morgan fingerprint density at radius 2 is 1.31 bits per heavy atom. The number of rotatable bonds is 2. The van der Waals surface area contributed by atoms with Crippen LogP contribution in [0.25, 0.3) is 33.2 Å². The number of aromatic nitrogens is 2. The zero-order chi connectivity index (χ0) is 19.2. The molecule has 0 unspecified atom stereocenters. The summed E-state index contributed by atoms with van der Waals surface area (Å²) < 4.78 is 0. The number of para-hydroxylation sites is 2. The zero-order valence-corrected chi connectivity index (χ0v) is 15.7. The quantitative estimate of drug-likeness (QED) is 0.337. The highest BCUT2D eigenvalue weighted by molar-refractivity contribution is 6.12. The molecular formula is C26H17N3. The van der Waals surface area contributed by atoms with Gasteiger partial charge in [-0.15, -0.1) is 0 Å². The van der Waals surface area contributed by atoms with Gasteiger partial charge in [-0.1, -0.05) is 66.7 Å². The molecule has 3 heteroatoms. The minimum atomic E-state index is 0.925. The molecule has 136 valence electrons. The van der Waals surface area contributed by atoms with E-state index in [0.29, 0.717) is 0 Å². The largest absolute Gasteiger partial charge is 0.294 e. The molecule has 29 heavy (non-hydrogen) atoms. The first-order valence-corrected chi connectivity index (χ1v) is 9.69. The van der Waals surface area contributed by atoms with Gasteiger partial charge in [-0.2, -0.15) is 0 Å². The molecule has 0 bridgehead atoms. The van der Waals surface area contributed by atoms with Crippen LogP contribution in [0.4, 0.5) is 17.2 Å². The van der Waals surface area contributed by atoms with E-state index in [1.807, 2.05) is 12.1 Å². The SMILES string of the molecule is c1ccc(-c2cc3c4c(ncnc4c2)N(c2ccccc2)c2ccccc2-3)cc1. The molecule has 4 aromatic carbocycles. The molecule has 0 saturated carbocycles. The minimum Gasteiger partial charge on any atom is -0.294 e. The number of nitrogens with zero attached hydrogens (tertiary/aromatic N) is 3. The Balaban J connectivity index is 1.71. The molecule has 3 nitrogen and oxygen atoms in total. The summed E-state index contributed by atoms with van der Waals surface area (Å²) >= 11 is 0. The van der Waals surface area contributed by atoms with Gasteiger partial charge >= 0.3 is 0 Å². The molecule has 0 atom stereocenters. The first-order chi connectivity index (χ1) is 14.4. The molecule has 1 aromatic heterocycles. The summed E-state index contributed by atoms with van der Waals surface area (Å²) in [6.45, 7) is 0. The van der Waals surface area contributed by atoms with Crippen LogP contribution in [0.3, 0.4) is 0 Å². The first kappa shape index (κ1) is 16.0. The fourth-order valence-electron chi connectivity index (χ4n) is 4.20. The molecule has 1 aliphatic rings. The molecule has 0 aliphatic carbocycles. The third-order valence-corrected chi connectivity index (χ3v) is 5.49. The van der Waals surface area contributed by atoms with Crippen molar-refractivity contribution in [3.8, 4) is 22.3 Å². The van der Waals surface area contributed by atoms with Crippen LogP contribution in [0.2, 0.25) is 0 Å². The van der Waals surface area contributed by atoms with Crippen LogP contribution in [0.1, 0.15) is 0 Å². The Labute approximate surface area is 168 Å². The molecule has 5 aromatic rings. The van der Waals surface area contributed by atoms with Crippen LogP contribution in [-0.4, -0.2) is 9.97 Å². The van der Waals surface area contributed by atoms with E-state index in [0.717, 1.165) is 28.1 Å². The second-order valence-electron chi connectivity index (χ2n) is 7.17. The van der Waals surface area contributed by atoms with E-state index in [-0.39, 0.29) is 0 Å². The van der Waals surface area contributed by atoms with Gasteiger partial charge in [0.1, 0.15) is 12.1 Å². The lowest BCUT2D eigenvalue weighted by atomic mass is 9.91. The lowest BCUT2D eigenvalue weighted by Crippen LogP contribution is -2.16. The number of hydrogen-bond donors (Lipinski definition) is 0. The summed E-state index contributed by atoms with van der Waals surface area (Å²) in [5, 5.41) is 1.09. The average Bonchev–Trinajstić information content (AvgIpc) is 2.80. The minimum absolute atomic E-state index is 0.925. The summed E-state index contributed by atoms with van der Waals surface area (Å²) in [4.78, 5) is 11.6. The van der Waals surface area contributed by atoms with Gasteiger partial charge in [-0.3, -0.25) is 4.90 Å². The highest BCUT2D eigenvalue weighted by Gasteiger charge is 2.27. The monoisotopic (exact) mass is 371 g/mol. The topological polar surface area (TPSA) is 29.0 Å². The molecule has 0 fully saturated rings. The lowest BCUT2D eigenvalue weighted by Gasteiger charge is -2.32. The van der Waals surface area contributed by atoms with Crippen LogP contribution >= 0.6 is 0 Å². The Hall–Kier alpha value is -3.98. The van der Waals surface area contributed by atoms with Crippen molar-refractivity contribution >= 4 is 28.1 Å². The molecule has 0 spiro atoms. The molecular weight excluding hydrogens is 354 g/mol. The number of fused-ring (bicyclic) bond motifs is 2. The van der Waals surface area contributed by atoms with Crippen LogP contribution in [0, 0.1) is 0 Å². The van der Waals surface area contributed by atoms with Crippen LogP contribution < -0.4 is 4.90 Å². The fourth-order valence-corrected chi connectivity index (χ4v) is 4.20. The maximum Gasteiger partial charge on any atom is 0.149 e. The maximum atomic E-state index is 4.71. The van der Waals surface area contributed by atoms with Crippen molar-refractivity contribution in [2.75, 3.05) is 4.90 Å².